The zero-order valence-electron chi connectivity index (χ0n) is 37.8. The minimum Gasteiger partial charge on any atom is -0.394 e. The Balaban J connectivity index is 0.970. The number of aliphatic hydroxyl groups is 9. The molecule has 24 atom stereocenters. The van der Waals surface area contributed by atoms with Gasteiger partial charge in [0.25, 0.3) is 0 Å². The van der Waals surface area contributed by atoms with Gasteiger partial charge in [0.15, 0.2) is 24.7 Å². The molecule has 5 saturated heterocycles. The Morgan fingerprint density at radius 2 is 1.32 bits per heavy atom. The lowest BCUT2D eigenvalue weighted by Crippen LogP contribution is -2.68. The van der Waals surface area contributed by atoms with E-state index in [9.17, 15) is 46.0 Å². The van der Waals surface area contributed by atoms with Gasteiger partial charge in [-0.3, -0.25) is 0 Å². The number of fused-ring (bicyclic) bond motifs is 4. The summed E-state index contributed by atoms with van der Waals surface area (Å²) in [5.74, 6) is -0.140. The van der Waals surface area contributed by atoms with Gasteiger partial charge in [-0.25, -0.2) is 0 Å². The second kappa shape index (κ2) is 16.4. The molecule has 0 aromatic rings. The molecule has 2 bridgehead atoms. The average Bonchev–Trinajstić information content (AvgIpc) is 3.85. The Bertz CT molecular complexity index is 1710. The van der Waals surface area contributed by atoms with Crippen LogP contribution < -0.4 is 0 Å². The van der Waals surface area contributed by atoms with Crippen molar-refractivity contribution in [1.82, 2.24) is 0 Å². The SMILES string of the molecule is CC(C)=CC1CO[C@]23C[C@]4(CO2)C(CCC2[C@@]5(C)CCC(OC6OCC(O)C(OC7OC(CO)C(O)C(O)C7O)C6OC6OC(CO)C(O)C6O)C(C)(C)C5CC[C@]24C)C3[C@@]1(C)O. The van der Waals surface area contributed by atoms with E-state index >= 15 is 0 Å². The summed E-state index contributed by atoms with van der Waals surface area (Å²) in [6.07, 6.45) is -11.3. The third-order valence-corrected chi connectivity index (χ3v) is 18.7. The van der Waals surface area contributed by atoms with Crippen LogP contribution in [-0.4, -0.2) is 176 Å². The monoisotopic (exact) mass is 898 g/mol. The van der Waals surface area contributed by atoms with Gasteiger partial charge in [0.1, 0.15) is 61.0 Å². The third-order valence-electron chi connectivity index (χ3n) is 18.7. The molecule has 19 unspecified atom stereocenters. The lowest BCUT2D eigenvalue weighted by Gasteiger charge is -2.70. The zero-order valence-corrected chi connectivity index (χ0v) is 37.8. The highest BCUT2D eigenvalue weighted by molar-refractivity contribution is 5.27. The molecule has 360 valence electrons. The summed E-state index contributed by atoms with van der Waals surface area (Å²) in [7, 11) is 0. The summed E-state index contributed by atoms with van der Waals surface area (Å²) in [5, 5.41) is 96.9. The van der Waals surface area contributed by atoms with Crippen LogP contribution in [0.5, 0.6) is 0 Å². The second-order valence-electron chi connectivity index (χ2n) is 22.4. The summed E-state index contributed by atoms with van der Waals surface area (Å²) in [4.78, 5) is 0. The van der Waals surface area contributed by atoms with Crippen LogP contribution in [0.3, 0.4) is 0 Å². The maximum absolute atomic E-state index is 12.4. The van der Waals surface area contributed by atoms with Crippen LogP contribution in [0.1, 0.15) is 93.4 Å². The number of hydrogen-bond acceptors (Lipinski definition) is 17. The quantitative estimate of drug-likeness (QED) is 0.113. The highest BCUT2D eigenvalue weighted by Crippen LogP contribution is 2.80. The van der Waals surface area contributed by atoms with Gasteiger partial charge in [-0.1, -0.05) is 39.3 Å². The number of hydrogen-bond donors (Lipinski definition) is 9. The normalized spacial score (nSPS) is 57.2. The van der Waals surface area contributed by atoms with Crippen molar-refractivity contribution in [3.63, 3.8) is 0 Å². The summed E-state index contributed by atoms with van der Waals surface area (Å²) in [6, 6.07) is 0. The van der Waals surface area contributed by atoms with E-state index in [1.54, 1.807) is 0 Å². The smallest absolute Gasteiger partial charge is 0.187 e. The fourth-order valence-electron chi connectivity index (χ4n) is 15.5. The molecule has 4 aliphatic carbocycles. The maximum atomic E-state index is 12.4. The fourth-order valence-corrected chi connectivity index (χ4v) is 15.5. The summed E-state index contributed by atoms with van der Waals surface area (Å²) < 4.78 is 50.5. The molecular weight excluding hydrogens is 824 g/mol. The average molecular weight is 899 g/mol. The van der Waals surface area contributed by atoms with Crippen molar-refractivity contribution in [2.75, 3.05) is 33.0 Å². The molecule has 63 heavy (non-hydrogen) atoms. The van der Waals surface area contributed by atoms with Crippen LogP contribution in [0.25, 0.3) is 0 Å². The third kappa shape index (κ3) is 6.95. The van der Waals surface area contributed by atoms with Gasteiger partial charge < -0.3 is 83.9 Å². The van der Waals surface area contributed by atoms with E-state index in [2.05, 4.69) is 47.6 Å². The molecule has 5 aliphatic heterocycles. The second-order valence-corrected chi connectivity index (χ2v) is 22.4. The maximum Gasteiger partial charge on any atom is 0.187 e. The molecule has 9 rings (SSSR count). The molecule has 0 aromatic carbocycles. The van der Waals surface area contributed by atoms with Gasteiger partial charge in [-0.2, -0.15) is 0 Å². The van der Waals surface area contributed by atoms with Gasteiger partial charge in [0, 0.05) is 23.7 Å². The molecule has 17 heteroatoms. The number of rotatable bonds is 9. The van der Waals surface area contributed by atoms with Crippen LogP contribution in [0, 0.1) is 51.2 Å². The van der Waals surface area contributed by atoms with E-state index in [0.29, 0.717) is 25.6 Å². The molecule has 5 heterocycles. The van der Waals surface area contributed by atoms with E-state index < -0.39 is 110 Å². The predicted octanol–water partition coefficient (Wildman–Crippen LogP) is 0.463. The van der Waals surface area contributed by atoms with E-state index in [4.69, 9.17) is 37.9 Å². The van der Waals surface area contributed by atoms with Gasteiger partial charge in [0.05, 0.1) is 44.7 Å². The van der Waals surface area contributed by atoms with Crippen LogP contribution in [-0.2, 0) is 37.9 Å². The fraction of sp³-hybridized carbons (Fsp3) is 0.957. The number of aliphatic hydroxyl groups excluding tert-OH is 8. The topological polar surface area (TPSA) is 256 Å². The standard InChI is InChI=1S/C46H74O17/c1-21(2)14-22-17-57-46-19-45(20-58-46)23(37(46)44(22,7)55)8-9-28-42(5)12-11-29(41(3,4)27(42)10-13-43(28,45)6)61-40-36(63-38-33(53)31(51)26(16-48)60-38)35(24(49)18-56-40)62-39-34(54)32(52)30(50)25(15-47)59-39/h14,22-40,47-55H,8-13,15-20H2,1-7H3/t22?,23?,24?,25?,26?,27?,28?,29?,30?,31?,32?,33?,34?,35?,36?,37?,38?,39?,40?,42-,43+,44-,45-,46+/m0/s1. The minimum atomic E-state index is -1.79. The van der Waals surface area contributed by atoms with Gasteiger partial charge >= 0.3 is 0 Å². The largest absolute Gasteiger partial charge is 0.394 e. The van der Waals surface area contributed by atoms with Crippen molar-refractivity contribution in [3.8, 4) is 0 Å². The van der Waals surface area contributed by atoms with Crippen LogP contribution in [0.15, 0.2) is 11.6 Å². The molecule has 17 nitrogen and oxygen atoms in total. The first-order chi connectivity index (χ1) is 29.6. The molecule has 9 fully saturated rings. The van der Waals surface area contributed by atoms with E-state index in [1.807, 2.05) is 6.92 Å². The summed E-state index contributed by atoms with van der Waals surface area (Å²) >= 11 is 0. The van der Waals surface area contributed by atoms with Crippen molar-refractivity contribution in [1.29, 1.82) is 0 Å². The lowest BCUT2D eigenvalue weighted by atomic mass is 9.35. The van der Waals surface area contributed by atoms with E-state index in [1.165, 1.54) is 0 Å². The zero-order chi connectivity index (χ0) is 45.4. The van der Waals surface area contributed by atoms with Crippen molar-refractivity contribution in [2.45, 2.75) is 191 Å². The summed E-state index contributed by atoms with van der Waals surface area (Å²) in [5.41, 5.74) is -0.487. The molecule has 4 saturated carbocycles. The van der Waals surface area contributed by atoms with Gasteiger partial charge in [-0.15, -0.1) is 0 Å². The van der Waals surface area contributed by atoms with Crippen molar-refractivity contribution in [2.24, 2.45) is 51.2 Å². The molecular formula is C46H74O17. The first-order valence-electron chi connectivity index (χ1n) is 23.4. The molecule has 0 aromatic heterocycles. The molecule has 0 radical (unpaired) electrons. The Morgan fingerprint density at radius 1 is 0.683 bits per heavy atom. The predicted molar refractivity (Wildman–Crippen MR) is 219 cm³/mol. The number of ether oxygens (including phenoxy) is 8. The lowest BCUT2D eigenvalue weighted by molar-refractivity contribution is -0.375. The summed E-state index contributed by atoms with van der Waals surface area (Å²) in [6.45, 7) is 15.1. The van der Waals surface area contributed by atoms with Crippen LogP contribution in [0.2, 0.25) is 0 Å². The first kappa shape index (κ1) is 47.1. The molecule has 9 N–H and O–H groups in total. The molecule has 9 aliphatic rings. The van der Waals surface area contributed by atoms with E-state index in [-0.39, 0.29) is 52.6 Å². The van der Waals surface area contributed by atoms with Crippen molar-refractivity contribution < 1.29 is 83.9 Å². The van der Waals surface area contributed by atoms with Gasteiger partial charge in [-0.05, 0) is 93.3 Å². The Kier molecular flexibility index (Phi) is 12.2. The molecule has 0 amide bonds. The highest BCUT2D eigenvalue weighted by Gasteiger charge is 2.81. The minimum absolute atomic E-state index is 0.0626. The Morgan fingerprint density at radius 3 is 1.97 bits per heavy atom. The first-order valence-corrected chi connectivity index (χ1v) is 23.4. The number of allylic oxidation sites excluding steroid dienone is 1. The van der Waals surface area contributed by atoms with Crippen molar-refractivity contribution >= 4 is 0 Å². The molecule has 2 spiro atoms. The van der Waals surface area contributed by atoms with Gasteiger partial charge in [0.2, 0.25) is 0 Å². The van der Waals surface area contributed by atoms with Crippen molar-refractivity contribution in [3.05, 3.63) is 11.6 Å². The Labute approximate surface area is 369 Å². The van der Waals surface area contributed by atoms with Crippen LogP contribution >= 0.6 is 0 Å². The Hall–Kier alpha value is -0.940. The van der Waals surface area contributed by atoms with Crippen LogP contribution in [0.4, 0.5) is 0 Å². The van der Waals surface area contributed by atoms with E-state index in [0.717, 1.165) is 44.1 Å². The highest BCUT2D eigenvalue weighted by atomic mass is 16.8.